The number of nitrogens with zero attached hydrogens (tertiary/aromatic N) is 1. The van der Waals surface area contributed by atoms with Gasteiger partial charge in [-0.3, -0.25) is 14.4 Å². The van der Waals surface area contributed by atoms with Crippen molar-refractivity contribution in [2.75, 3.05) is 19.7 Å². The maximum atomic E-state index is 13.0. The van der Waals surface area contributed by atoms with Gasteiger partial charge in [0.25, 0.3) is 5.91 Å². The molecule has 2 atom stereocenters. The largest absolute Gasteiger partial charge is 0.466 e. The summed E-state index contributed by atoms with van der Waals surface area (Å²) in [6.07, 6.45) is 1.46. The molecule has 0 aliphatic carbocycles. The second-order valence-corrected chi connectivity index (χ2v) is 7.51. The molecule has 27 heavy (non-hydrogen) atoms. The van der Waals surface area contributed by atoms with Crippen molar-refractivity contribution in [1.82, 2.24) is 10.2 Å². The first-order chi connectivity index (χ1) is 12.8. The molecule has 1 aromatic rings. The Hall–Kier alpha value is -2.08. The van der Waals surface area contributed by atoms with E-state index in [1.165, 1.54) is 0 Å². The van der Waals surface area contributed by atoms with Crippen LogP contribution in [0.4, 0.5) is 0 Å². The molecule has 1 N–H and O–H groups in total. The molecule has 0 radical (unpaired) electrons. The molecule has 1 aliphatic rings. The Morgan fingerprint density at radius 1 is 1.26 bits per heavy atom. The monoisotopic (exact) mass is 394 g/mol. The van der Waals surface area contributed by atoms with Gasteiger partial charge in [0, 0.05) is 23.7 Å². The lowest BCUT2D eigenvalue weighted by molar-refractivity contribution is -0.151. The van der Waals surface area contributed by atoms with Gasteiger partial charge >= 0.3 is 5.97 Å². The molecular weight excluding hydrogens is 368 g/mol. The Morgan fingerprint density at radius 2 is 1.93 bits per heavy atom. The summed E-state index contributed by atoms with van der Waals surface area (Å²) >= 11 is 5.86. The van der Waals surface area contributed by atoms with Crippen LogP contribution in [0.15, 0.2) is 24.3 Å². The number of carbonyl (C=O) groups is 3. The number of rotatable bonds is 6. The quantitative estimate of drug-likeness (QED) is 0.753. The average molecular weight is 395 g/mol. The highest BCUT2D eigenvalue weighted by Gasteiger charge is 2.34. The minimum Gasteiger partial charge on any atom is -0.466 e. The molecule has 0 saturated carbocycles. The van der Waals surface area contributed by atoms with E-state index in [9.17, 15) is 14.4 Å². The molecule has 6 nitrogen and oxygen atoms in total. The molecule has 1 fully saturated rings. The minimum absolute atomic E-state index is 0.0864. The van der Waals surface area contributed by atoms with Crippen molar-refractivity contribution in [2.45, 2.75) is 39.7 Å². The fourth-order valence-electron chi connectivity index (χ4n) is 3.17. The first-order valence-electron chi connectivity index (χ1n) is 9.35. The topological polar surface area (TPSA) is 75.7 Å². The number of benzene rings is 1. The van der Waals surface area contributed by atoms with Crippen molar-refractivity contribution in [3.63, 3.8) is 0 Å². The number of likely N-dealkylation sites (tertiary alicyclic amines) is 1. The molecule has 148 valence electrons. The summed E-state index contributed by atoms with van der Waals surface area (Å²) in [7, 11) is 0. The van der Waals surface area contributed by atoms with E-state index in [-0.39, 0.29) is 29.6 Å². The lowest BCUT2D eigenvalue weighted by Crippen LogP contribution is -2.54. The summed E-state index contributed by atoms with van der Waals surface area (Å²) in [6, 6.07) is 5.86. The Balaban J connectivity index is 2.06. The smallest absolute Gasteiger partial charge is 0.310 e. The van der Waals surface area contributed by atoms with Crippen molar-refractivity contribution in [1.29, 1.82) is 0 Å². The number of ether oxygens (including phenoxy) is 1. The van der Waals surface area contributed by atoms with Gasteiger partial charge in [-0.25, -0.2) is 0 Å². The molecule has 2 amide bonds. The lowest BCUT2D eigenvalue weighted by atomic mass is 9.95. The SMILES string of the molecule is CCOC(=O)C1CCCN(C(=O)C(NC(=O)c2ccc(Cl)cc2)C(C)C)C1. The van der Waals surface area contributed by atoms with E-state index in [2.05, 4.69) is 5.32 Å². The molecule has 1 aliphatic heterocycles. The van der Waals surface area contributed by atoms with Crippen molar-refractivity contribution < 1.29 is 19.1 Å². The highest BCUT2D eigenvalue weighted by molar-refractivity contribution is 6.30. The number of carbonyl (C=O) groups excluding carboxylic acids is 3. The van der Waals surface area contributed by atoms with E-state index in [0.717, 1.165) is 6.42 Å². The van der Waals surface area contributed by atoms with Gasteiger partial charge < -0.3 is 15.0 Å². The van der Waals surface area contributed by atoms with Gasteiger partial charge in [-0.15, -0.1) is 0 Å². The zero-order valence-electron chi connectivity index (χ0n) is 16.0. The van der Waals surface area contributed by atoms with E-state index >= 15 is 0 Å². The number of hydrogen-bond donors (Lipinski definition) is 1. The maximum Gasteiger partial charge on any atom is 0.310 e. The summed E-state index contributed by atoms with van der Waals surface area (Å²) < 4.78 is 5.09. The first-order valence-corrected chi connectivity index (χ1v) is 9.73. The van der Waals surface area contributed by atoms with Crippen LogP contribution in [0.3, 0.4) is 0 Å². The predicted octanol–water partition coefficient (Wildman–Crippen LogP) is 2.90. The van der Waals surface area contributed by atoms with Gasteiger partial charge in [-0.1, -0.05) is 25.4 Å². The normalized spacial score (nSPS) is 18.1. The maximum absolute atomic E-state index is 13.0. The average Bonchev–Trinajstić information content (AvgIpc) is 2.66. The third kappa shape index (κ3) is 5.70. The van der Waals surface area contributed by atoms with Crippen LogP contribution >= 0.6 is 11.6 Å². The zero-order valence-corrected chi connectivity index (χ0v) is 16.8. The van der Waals surface area contributed by atoms with Crippen molar-refractivity contribution >= 4 is 29.4 Å². The number of amides is 2. The van der Waals surface area contributed by atoms with Crippen molar-refractivity contribution in [3.8, 4) is 0 Å². The second kappa shape index (κ2) is 9.74. The fraction of sp³-hybridized carbons (Fsp3) is 0.550. The van der Waals surface area contributed by atoms with Crippen LogP contribution in [0.1, 0.15) is 44.0 Å². The van der Waals surface area contributed by atoms with Crippen LogP contribution in [0, 0.1) is 11.8 Å². The van der Waals surface area contributed by atoms with Gasteiger partial charge in [0.2, 0.25) is 5.91 Å². The molecule has 0 aromatic heterocycles. The van der Waals surface area contributed by atoms with Crippen molar-refractivity contribution in [2.24, 2.45) is 11.8 Å². The molecule has 0 bridgehead atoms. The van der Waals surface area contributed by atoms with Crippen LogP contribution in [-0.2, 0) is 14.3 Å². The van der Waals surface area contributed by atoms with Crippen LogP contribution in [0.2, 0.25) is 5.02 Å². The Morgan fingerprint density at radius 3 is 2.52 bits per heavy atom. The number of hydrogen-bond acceptors (Lipinski definition) is 4. The van der Waals surface area contributed by atoms with Gasteiger partial charge in [-0.05, 0) is 49.9 Å². The number of nitrogens with one attached hydrogen (secondary N) is 1. The Bertz CT molecular complexity index is 675. The van der Waals surface area contributed by atoms with E-state index in [4.69, 9.17) is 16.3 Å². The lowest BCUT2D eigenvalue weighted by Gasteiger charge is -2.35. The Kier molecular flexibility index (Phi) is 7.66. The van der Waals surface area contributed by atoms with Crippen LogP contribution in [-0.4, -0.2) is 48.4 Å². The van der Waals surface area contributed by atoms with Crippen LogP contribution in [0.25, 0.3) is 0 Å². The number of halogens is 1. The van der Waals surface area contributed by atoms with Crippen LogP contribution in [0.5, 0.6) is 0 Å². The third-order valence-corrected chi connectivity index (χ3v) is 4.93. The summed E-state index contributed by atoms with van der Waals surface area (Å²) in [5.41, 5.74) is 0.445. The molecule has 7 heteroatoms. The number of esters is 1. The van der Waals surface area contributed by atoms with E-state index < -0.39 is 6.04 Å². The summed E-state index contributed by atoms with van der Waals surface area (Å²) in [6.45, 7) is 6.78. The molecule has 1 saturated heterocycles. The molecule has 1 aromatic carbocycles. The molecule has 1 heterocycles. The first kappa shape index (κ1) is 21.2. The van der Waals surface area contributed by atoms with Gasteiger partial charge in [-0.2, -0.15) is 0 Å². The summed E-state index contributed by atoms with van der Waals surface area (Å²) in [5, 5.41) is 3.37. The Labute approximate surface area is 165 Å². The molecule has 2 unspecified atom stereocenters. The molecular formula is C20H27ClN2O4. The fourth-order valence-corrected chi connectivity index (χ4v) is 3.29. The van der Waals surface area contributed by atoms with Gasteiger partial charge in [0.15, 0.2) is 0 Å². The predicted molar refractivity (Wildman–Crippen MR) is 103 cm³/mol. The minimum atomic E-state index is -0.658. The van der Waals surface area contributed by atoms with Crippen LogP contribution < -0.4 is 5.32 Å². The molecule has 2 rings (SSSR count). The number of piperidine rings is 1. The summed E-state index contributed by atoms with van der Waals surface area (Å²) in [4.78, 5) is 39.2. The van der Waals surface area contributed by atoms with E-state index in [1.807, 2.05) is 13.8 Å². The molecule has 0 spiro atoms. The highest BCUT2D eigenvalue weighted by Crippen LogP contribution is 2.20. The van der Waals surface area contributed by atoms with Crippen molar-refractivity contribution in [3.05, 3.63) is 34.9 Å². The highest BCUT2D eigenvalue weighted by atomic mass is 35.5. The second-order valence-electron chi connectivity index (χ2n) is 7.08. The van der Waals surface area contributed by atoms with Gasteiger partial charge in [0.1, 0.15) is 6.04 Å². The van der Waals surface area contributed by atoms with E-state index in [1.54, 1.807) is 36.1 Å². The zero-order chi connectivity index (χ0) is 20.0. The van der Waals surface area contributed by atoms with E-state index in [0.29, 0.717) is 36.7 Å². The summed E-state index contributed by atoms with van der Waals surface area (Å²) in [5.74, 6) is -1.14. The third-order valence-electron chi connectivity index (χ3n) is 4.68. The standard InChI is InChI=1S/C20H27ClN2O4/c1-4-27-20(26)15-6-5-11-23(12-15)19(25)17(13(2)3)22-18(24)14-7-9-16(21)10-8-14/h7-10,13,15,17H,4-6,11-12H2,1-3H3,(H,22,24). The van der Waals surface area contributed by atoms with Gasteiger partial charge in [0.05, 0.1) is 12.5 Å².